The number of fused-ring (bicyclic) bond motifs is 1. The lowest BCUT2D eigenvalue weighted by molar-refractivity contribution is 0.0457. The number of imidazole rings is 1. The largest absolute Gasteiger partial charge is 0.305 e. The number of hydrogen-bond donors (Lipinski definition) is 1. The number of hydrogen-bond acceptors (Lipinski definition) is 3. The van der Waals surface area contributed by atoms with Gasteiger partial charge in [0.25, 0.3) is 0 Å². The molecule has 0 aliphatic carbocycles. The molecule has 0 bridgehead atoms. The van der Waals surface area contributed by atoms with Crippen LogP contribution in [0.15, 0.2) is 24.5 Å². The normalized spacial score (nSPS) is 11.1. The van der Waals surface area contributed by atoms with E-state index in [-0.39, 0.29) is 0 Å². The van der Waals surface area contributed by atoms with E-state index < -0.39 is 0 Å². The second-order valence-electron chi connectivity index (χ2n) is 3.10. The summed E-state index contributed by atoms with van der Waals surface area (Å²) in [4.78, 5) is 9.42. The van der Waals surface area contributed by atoms with Crippen molar-refractivity contribution in [3.8, 4) is 0 Å². The summed E-state index contributed by atoms with van der Waals surface area (Å²) in [5, 5.41) is 0.698. The van der Waals surface area contributed by atoms with E-state index in [1.807, 2.05) is 35.9 Å². The van der Waals surface area contributed by atoms with Crippen molar-refractivity contribution in [2.75, 3.05) is 6.61 Å². The van der Waals surface area contributed by atoms with Gasteiger partial charge < -0.3 is 9.24 Å². The summed E-state index contributed by atoms with van der Waals surface area (Å²) in [6, 6.07) is 3.70. The Labute approximate surface area is 92.8 Å². The maximum absolute atomic E-state index is 5.87. The van der Waals surface area contributed by atoms with Gasteiger partial charge in [0.15, 0.2) is 0 Å². The topological polar surface area (TPSA) is 38.6 Å². The highest BCUT2D eigenvalue weighted by Crippen LogP contribution is 2.11. The summed E-state index contributed by atoms with van der Waals surface area (Å²) in [7, 11) is 0. The lowest BCUT2D eigenvalue weighted by Gasteiger charge is -1.98. The molecular formula is C10H12ClN3O. The first-order chi connectivity index (χ1) is 7.29. The lowest BCUT2D eigenvalue weighted by Crippen LogP contribution is -2.13. The molecule has 2 rings (SSSR count). The van der Waals surface area contributed by atoms with Crippen LogP contribution in [0.25, 0.3) is 5.65 Å². The first kappa shape index (κ1) is 10.4. The van der Waals surface area contributed by atoms with Gasteiger partial charge in [-0.1, -0.05) is 11.6 Å². The van der Waals surface area contributed by atoms with Crippen molar-refractivity contribution >= 4 is 17.2 Å². The molecule has 15 heavy (non-hydrogen) atoms. The Bertz CT molecular complexity index is 455. The highest BCUT2D eigenvalue weighted by Gasteiger charge is 2.01. The van der Waals surface area contributed by atoms with E-state index in [0.29, 0.717) is 18.2 Å². The molecule has 0 aliphatic rings. The highest BCUT2D eigenvalue weighted by atomic mass is 35.5. The Morgan fingerprint density at radius 2 is 2.33 bits per heavy atom. The van der Waals surface area contributed by atoms with E-state index in [0.717, 1.165) is 11.3 Å². The monoisotopic (exact) mass is 225 g/mol. The van der Waals surface area contributed by atoms with Crippen LogP contribution in [0.2, 0.25) is 5.02 Å². The Morgan fingerprint density at radius 3 is 3.13 bits per heavy atom. The Balaban J connectivity index is 2.16. The standard InChI is InChI=1S/C10H12ClN3O/c1-2-15-12-5-9-7-14-6-8(11)3-4-10(14)13-9/h3-4,6-7,12H,2,5H2,1H3. The zero-order valence-electron chi connectivity index (χ0n) is 8.40. The average Bonchev–Trinajstić information content (AvgIpc) is 2.60. The van der Waals surface area contributed by atoms with Gasteiger partial charge in [-0.15, -0.1) is 0 Å². The minimum atomic E-state index is 0.590. The molecule has 0 atom stereocenters. The molecule has 0 radical (unpaired) electrons. The van der Waals surface area contributed by atoms with Gasteiger partial charge in [0.05, 0.1) is 23.9 Å². The van der Waals surface area contributed by atoms with Crippen molar-refractivity contribution in [1.29, 1.82) is 0 Å². The molecule has 5 heteroatoms. The quantitative estimate of drug-likeness (QED) is 0.639. The molecule has 0 aliphatic heterocycles. The fourth-order valence-electron chi connectivity index (χ4n) is 1.33. The van der Waals surface area contributed by atoms with Crippen molar-refractivity contribution in [2.24, 2.45) is 0 Å². The summed E-state index contributed by atoms with van der Waals surface area (Å²) < 4.78 is 1.89. The summed E-state index contributed by atoms with van der Waals surface area (Å²) in [5.74, 6) is 0. The molecule has 0 fully saturated rings. The van der Waals surface area contributed by atoms with E-state index in [1.165, 1.54) is 0 Å². The van der Waals surface area contributed by atoms with Gasteiger partial charge in [-0.05, 0) is 19.1 Å². The highest BCUT2D eigenvalue weighted by molar-refractivity contribution is 6.30. The molecule has 0 aromatic carbocycles. The predicted octanol–water partition coefficient (Wildman–Crippen LogP) is 2.03. The molecule has 2 aromatic heterocycles. The molecule has 1 N–H and O–H groups in total. The van der Waals surface area contributed by atoms with Gasteiger partial charge in [-0.2, -0.15) is 5.48 Å². The molecule has 2 heterocycles. The Hall–Kier alpha value is -1.10. The van der Waals surface area contributed by atoms with E-state index >= 15 is 0 Å². The van der Waals surface area contributed by atoms with Crippen LogP contribution in [-0.2, 0) is 11.4 Å². The zero-order chi connectivity index (χ0) is 10.7. The van der Waals surface area contributed by atoms with Crippen molar-refractivity contribution in [1.82, 2.24) is 14.9 Å². The second kappa shape index (κ2) is 4.61. The number of nitrogens with one attached hydrogen (secondary N) is 1. The van der Waals surface area contributed by atoms with E-state index in [9.17, 15) is 0 Å². The molecule has 2 aromatic rings. The van der Waals surface area contributed by atoms with Gasteiger partial charge in [0.1, 0.15) is 5.65 Å². The summed E-state index contributed by atoms with van der Waals surface area (Å²) in [5.41, 5.74) is 4.62. The van der Waals surface area contributed by atoms with Crippen molar-refractivity contribution in [2.45, 2.75) is 13.5 Å². The SMILES string of the molecule is CCONCc1cn2cc(Cl)ccc2n1. The van der Waals surface area contributed by atoms with Gasteiger partial charge in [-0.25, -0.2) is 4.98 Å². The number of nitrogens with zero attached hydrogens (tertiary/aromatic N) is 2. The predicted molar refractivity (Wildman–Crippen MR) is 58.7 cm³/mol. The minimum absolute atomic E-state index is 0.590. The number of halogens is 1. The Morgan fingerprint density at radius 1 is 1.47 bits per heavy atom. The maximum Gasteiger partial charge on any atom is 0.137 e. The fraction of sp³-hybridized carbons (Fsp3) is 0.300. The maximum atomic E-state index is 5.87. The first-order valence-electron chi connectivity index (χ1n) is 4.77. The molecule has 0 saturated heterocycles. The minimum Gasteiger partial charge on any atom is -0.305 e. The van der Waals surface area contributed by atoms with Crippen molar-refractivity contribution in [3.63, 3.8) is 0 Å². The van der Waals surface area contributed by atoms with Crippen LogP contribution in [0, 0.1) is 0 Å². The van der Waals surface area contributed by atoms with Gasteiger partial charge in [0, 0.05) is 12.4 Å². The zero-order valence-corrected chi connectivity index (χ0v) is 9.16. The molecular weight excluding hydrogens is 214 g/mol. The summed E-state index contributed by atoms with van der Waals surface area (Å²) in [6.07, 6.45) is 3.75. The summed E-state index contributed by atoms with van der Waals surface area (Å²) >= 11 is 5.87. The van der Waals surface area contributed by atoms with Crippen molar-refractivity contribution in [3.05, 3.63) is 35.2 Å². The third-order valence-electron chi connectivity index (χ3n) is 1.96. The smallest absolute Gasteiger partial charge is 0.137 e. The average molecular weight is 226 g/mol. The van der Waals surface area contributed by atoms with Crippen LogP contribution in [0.1, 0.15) is 12.6 Å². The molecule has 0 saturated carbocycles. The van der Waals surface area contributed by atoms with Gasteiger partial charge in [0.2, 0.25) is 0 Å². The van der Waals surface area contributed by atoms with Crippen LogP contribution < -0.4 is 5.48 Å². The molecule has 0 spiro atoms. The number of hydroxylamine groups is 1. The molecule has 80 valence electrons. The van der Waals surface area contributed by atoms with E-state index in [2.05, 4.69) is 10.5 Å². The van der Waals surface area contributed by atoms with Crippen LogP contribution in [0.4, 0.5) is 0 Å². The number of pyridine rings is 1. The number of aromatic nitrogens is 2. The van der Waals surface area contributed by atoms with Gasteiger partial charge >= 0.3 is 0 Å². The van der Waals surface area contributed by atoms with Crippen LogP contribution >= 0.6 is 11.6 Å². The van der Waals surface area contributed by atoms with Crippen LogP contribution in [0.5, 0.6) is 0 Å². The van der Waals surface area contributed by atoms with E-state index in [4.69, 9.17) is 16.4 Å². The Kier molecular flexibility index (Phi) is 3.20. The summed E-state index contributed by atoms with van der Waals surface area (Å²) in [6.45, 7) is 3.16. The van der Waals surface area contributed by atoms with Gasteiger partial charge in [-0.3, -0.25) is 0 Å². The molecule has 4 nitrogen and oxygen atoms in total. The third-order valence-corrected chi connectivity index (χ3v) is 2.19. The molecule has 0 unspecified atom stereocenters. The molecule has 0 amide bonds. The lowest BCUT2D eigenvalue weighted by atomic mass is 10.5. The van der Waals surface area contributed by atoms with Crippen molar-refractivity contribution < 1.29 is 4.84 Å². The van der Waals surface area contributed by atoms with Crippen LogP contribution in [-0.4, -0.2) is 16.0 Å². The second-order valence-corrected chi connectivity index (χ2v) is 3.54. The fourth-order valence-corrected chi connectivity index (χ4v) is 1.50. The third kappa shape index (κ3) is 2.47. The number of rotatable bonds is 4. The van der Waals surface area contributed by atoms with E-state index in [1.54, 1.807) is 0 Å². The van der Waals surface area contributed by atoms with Crippen LogP contribution in [0.3, 0.4) is 0 Å². The first-order valence-corrected chi connectivity index (χ1v) is 5.15.